The third kappa shape index (κ3) is 3.70. The van der Waals surface area contributed by atoms with E-state index in [0.29, 0.717) is 17.1 Å². The lowest BCUT2D eigenvalue weighted by Crippen LogP contribution is -2.03. The summed E-state index contributed by atoms with van der Waals surface area (Å²) in [6.45, 7) is 1.76. The Balaban J connectivity index is 1.70. The minimum Gasteiger partial charge on any atom is -0.361 e. The standard InChI is InChI=1S/C15H13F2N3O2S/c1-10-6-13(19-22-10)9-23(21)8-12-4-5-20(18-12)15-3-2-11(16)7-14(15)17/h2-7H,8-9H2,1H3. The number of halogens is 2. The van der Waals surface area contributed by atoms with Gasteiger partial charge in [0.05, 0.1) is 22.9 Å². The molecule has 8 heteroatoms. The van der Waals surface area contributed by atoms with E-state index in [-0.39, 0.29) is 17.2 Å². The van der Waals surface area contributed by atoms with Crippen LogP contribution >= 0.6 is 0 Å². The van der Waals surface area contributed by atoms with E-state index in [4.69, 9.17) is 4.52 Å². The molecule has 1 unspecified atom stereocenters. The van der Waals surface area contributed by atoms with Crippen molar-refractivity contribution in [3.05, 3.63) is 65.3 Å². The van der Waals surface area contributed by atoms with Crippen LogP contribution in [0.2, 0.25) is 0 Å². The second-order valence-corrected chi connectivity index (χ2v) is 6.46. The second kappa shape index (κ2) is 6.41. The highest BCUT2D eigenvalue weighted by atomic mass is 32.2. The Morgan fingerprint density at radius 3 is 2.65 bits per heavy atom. The van der Waals surface area contributed by atoms with Gasteiger partial charge in [-0.25, -0.2) is 13.5 Å². The molecule has 5 nitrogen and oxygen atoms in total. The normalized spacial score (nSPS) is 12.5. The van der Waals surface area contributed by atoms with Gasteiger partial charge in [0.25, 0.3) is 0 Å². The predicted molar refractivity (Wildman–Crippen MR) is 80.3 cm³/mol. The van der Waals surface area contributed by atoms with Crippen molar-refractivity contribution in [1.82, 2.24) is 14.9 Å². The van der Waals surface area contributed by atoms with E-state index in [1.807, 2.05) is 0 Å². The molecule has 2 heterocycles. The monoisotopic (exact) mass is 337 g/mol. The molecule has 0 spiro atoms. The van der Waals surface area contributed by atoms with Gasteiger partial charge in [-0.15, -0.1) is 0 Å². The van der Waals surface area contributed by atoms with Gasteiger partial charge >= 0.3 is 0 Å². The van der Waals surface area contributed by atoms with Crippen molar-refractivity contribution in [2.75, 3.05) is 0 Å². The summed E-state index contributed by atoms with van der Waals surface area (Å²) in [7, 11) is -1.21. The molecule has 23 heavy (non-hydrogen) atoms. The maximum Gasteiger partial charge on any atom is 0.151 e. The molecule has 3 aromatic rings. The first-order valence-electron chi connectivity index (χ1n) is 6.78. The summed E-state index contributed by atoms with van der Waals surface area (Å²) in [5.41, 5.74) is 1.30. The largest absolute Gasteiger partial charge is 0.361 e. The molecule has 0 aliphatic heterocycles. The highest BCUT2D eigenvalue weighted by Gasteiger charge is 2.11. The SMILES string of the molecule is Cc1cc(CS(=O)Cc2ccn(-c3ccc(F)cc3F)n2)no1. The fourth-order valence-electron chi connectivity index (χ4n) is 2.11. The average molecular weight is 337 g/mol. The molecule has 120 valence electrons. The molecule has 0 amide bonds. The fourth-order valence-corrected chi connectivity index (χ4v) is 3.16. The molecule has 0 N–H and O–H groups in total. The Morgan fingerprint density at radius 1 is 1.17 bits per heavy atom. The second-order valence-electron chi connectivity index (χ2n) is 5.00. The molecular formula is C15H13F2N3O2S. The van der Waals surface area contributed by atoms with Crippen molar-refractivity contribution in [3.63, 3.8) is 0 Å². The van der Waals surface area contributed by atoms with Crippen molar-refractivity contribution >= 4 is 10.8 Å². The van der Waals surface area contributed by atoms with E-state index in [1.54, 1.807) is 25.3 Å². The lowest BCUT2D eigenvalue weighted by molar-refractivity contribution is 0.392. The number of aryl methyl sites for hydroxylation is 1. The van der Waals surface area contributed by atoms with Gasteiger partial charge in [0.1, 0.15) is 17.3 Å². The molecule has 0 radical (unpaired) electrons. The van der Waals surface area contributed by atoms with Crippen molar-refractivity contribution in [2.45, 2.75) is 18.4 Å². The van der Waals surface area contributed by atoms with E-state index in [1.165, 1.54) is 10.7 Å². The summed E-state index contributed by atoms with van der Waals surface area (Å²) in [5, 5.41) is 7.97. The number of rotatable bonds is 5. The van der Waals surface area contributed by atoms with Crippen LogP contribution in [0.25, 0.3) is 5.69 Å². The third-order valence-corrected chi connectivity index (χ3v) is 4.33. The Bertz CT molecular complexity index is 860. The van der Waals surface area contributed by atoms with E-state index in [2.05, 4.69) is 10.3 Å². The fraction of sp³-hybridized carbons (Fsp3) is 0.200. The van der Waals surface area contributed by atoms with Crippen LogP contribution in [0, 0.1) is 18.6 Å². The number of nitrogens with zero attached hydrogens (tertiary/aromatic N) is 3. The van der Waals surface area contributed by atoms with Crippen LogP contribution in [-0.4, -0.2) is 19.1 Å². The maximum atomic E-state index is 13.7. The number of aromatic nitrogens is 3. The van der Waals surface area contributed by atoms with Crippen LogP contribution in [0.15, 0.2) is 41.1 Å². The molecule has 0 aliphatic carbocycles. The Morgan fingerprint density at radius 2 is 1.96 bits per heavy atom. The highest BCUT2D eigenvalue weighted by Crippen LogP contribution is 2.15. The highest BCUT2D eigenvalue weighted by molar-refractivity contribution is 7.83. The zero-order valence-electron chi connectivity index (χ0n) is 12.2. The Labute approximate surface area is 133 Å². The molecule has 0 fully saturated rings. The third-order valence-electron chi connectivity index (χ3n) is 3.10. The van der Waals surface area contributed by atoms with E-state index >= 15 is 0 Å². The van der Waals surface area contributed by atoms with Gasteiger partial charge < -0.3 is 4.52 Å². The Kier molecular flexibility index (Phi) is 4.33. The quantitative estimate of drug-likeness (QED) is 0.718. The predicted octanol–water partition coefficient (Wildman–Crippen LogP) is 2.90. The van der Waals surface area contributed by atoms with Gasteiger partial charge in [-0.2, -0.15) is 5.10 Å². The molecule has 0 saturated heterocycles. The lowest BCUT2D eigenvalue weighted by atomic mass is 10.3. The van der Waals surface area contributed by atoms with Crippen molar-refractivity contribution in [1.29, 1.82) is 0 Å². The number of hydrogen-bond donors (Lipinski definition) is 0. The van der Waals surface area contributed by atoms with Crippen LogP contribution in [0.3, 0.4) is 0 Å². The maximum absolute atomic E-state index is 13.7. The van der Waals surface area contributed by atoms with E-state index in [0.717, 1.165) is 12.1 Å². The van der Waals surface area contributed by atoms with Crippen LogP contribution < -0.4 is 0 Å². The molecule has 1 aromatic carbocycles. The summed E-state index contributed by atoms with van der Waals surface area (Å²) in [4.78, 5) is 0. The zero-order valence-corrected chi connectivity index (χ0v) is 13.0. The molecule has 1 atom stereocenters. The first-order valence-corrected chi connectivity index (χ1v) is 8.27. The summed E-state index contributed by atoms with van der Waals surface area (Å²) >= 11 is 0. The molecule has 0 bridgehead atoms. The molecule has 3 rings (SSSR count). The zero-order chi connectivity index (χ0) is 16.4. The van der Waals surface area contributed by atoms with Crippen LogP contribution in [0.5, 0.6) is 0 Å². The van der Waals surface area contributed by atoms with E-state index < -0.39 is 22.4 Å². The summed E-state index contributed by atoms with van der Waals surface area (Å²) in [5.74, 6) is -0.230. The molecular weight excluding hydrogens is 324 g/mol. The summed E-state index contributed by atoms with van der Waals surface area (Å²) in [6.07, 6.45) is 1.54. The minimum atomic E-state index is -1.21. The molecule has 0 aliphatic rings. The summed E-state index contributed by atoms with van der Waals surface area (Å²) < 4.78 is 45.0. The molecule has 2 aromatic heterocycles. The van der Waals surface area contributed by atoms with Gasteiger partial charge in [0.15, 0.2) is 5.82 Å². The Hall–Kier alpha value is -2.35. The molecule has 0 saturated carbocycles. The van der Waals surface area contributed by atoms with Crippen molar-refractivity contribution in [2.24, 2.45) is 0 Å². The minimum absolute atomic E-state index is 0.135. The topological polar surface area (TPSA) is 60.9 Å². The first-order chi connectivity index (χ1) is 11.0. The first kappa shape index (κ1) is 15.5. The van der Waals surface area contributed by atoms with Crippen molar-refractivity contribution < 1.29 is 17.5 Å². The number of benzene rings is 1. The van der Waals surface area contributed by atoms with Gasteiger partial charge in [0, 0.05) is 29.1 Å². The van der Waals surface area contributed by atoms with Gasteiger partial charge in [-0.05, 0) is 25.1 Å². The van der Waals surface area contributed by atoms with E-state index in [9.17, 15) is 13.0 Å². The van der Waals surface area contributed by atoms with Crippen LogP contribution in [0.4, 0.5) is 8.78 Å². The number of hydrogen-bond acceptors (Lipinski definition) is 4. The lowest BCUT2D eigenvalue weighted by Gasteiger charge is -2.03. The average Bonchev–Trinajstić information content (AvgIpc) is 3.08. The van der Waals surface area contributed by atoms with Gasteiger partial charge in [0.2, 0.25) is 0 Å². The van der Waals surface area contributed by atoms with Gasteiger partial charge in [-0.1, -0.05) is 5.16 Å². The van der Waals surface area contributed by atoms with Crippen LogP contribution in [0.1, 0.15) is 17.1 Å². The van der Waals surface area contributed by atoms with Gasteiger partial charge in [-0.3, -0.25) is 4.21 Å². The van der Waals surface area contributed by atoms with Crippen LogP contribution in [-0.2, 0) is 22.3 Å². The summed E-state index contributed by atoms with van der Waals surface area (Å²) in [6, 6.07) is 6.63. The smallest absolute Gasteiger partial charge is 0.151 e. The van der Waals surface area contributed by atoms with Crippen molar-refractivity contribution in [3.8, 4) is 5.69 Å².